The Balaban J connectivity index is 2.77. The first-order chi connectivity index (χ1) is 9.85. The highest BCUT2D eigenvalue weighted by Crippen LogP contribution is 2.17. The van der Waals surface area contributed by atoms with Crippen molar-refractivity contribution in [2.24, 2.45) is 11.7 Å². The van der Waals surface area contributed by atoms with E-state index in [0.717, 1.165) is 5.56 Å². The topological polar surface area (TPSA) is 84.2 Å². The number of anilines is 1. The van der Waals surface area contributed by atoms with Crippen molar-refractivity contribution in [3.8, 4) is 0 Å². The predicted molar refractivity (Wildman–Crippen MR) is 85.2 cm³/mol. The van der Waals surface area contributed by atoms with Crippen LogP contribution in [-0.2, 0) is 4.79 Å². The number of carbonyl (C=O) groups excluding carboxylic acids is 2. The Labute approximate surface area is 126 Å². The molecule has 5 nitrogen and oxygen atoms in total. The van der Waals surface area contributed by atoms with Gasteiger partial charge in [0.25, 0.3) is 5.91 Å². The number of nitrogens with two attached hydrogens (primary N) is 1. The van der Waals surface area contributed by atoms with Crippen molar-refractivity contribution in [3.63, 3.8) is 0 Å². The van der Waals surface area contributed by atoms with E-state index in [4.69, 9.17) is 5.73 Å². The van der Waals surface area contributed by atoms with E-state index in [1.807, 2.05) is 27.7 Å². The Hall–Kier alpha value is -1.88. The fourth-order valence-electron chi connectivity index (χ4n) is 2.05. The van der Waals surface area contributed by atoms with Crippen LogP contribution in [-0.4, -0.2) is 24.4 Å². The second-order valence-electron chi connectivity index (χ2n) is 5.61. The molecule has 1 atom stereocenters. The van der Waals surface area contributed by atoms with Crippen LogP contribution in [0.5, 0.6) is 0 Å². The number of benzene rings is 1. The lowest BCUT2D eigenvalue weighted by atomic mass is 10.0. The van der Waals surface area contributed by atoms with Crippen molar-refractivity contribution in [1.29, 1.82) is 0 Å². The number of hydrogen-bond acceptors (Lipinski definition) is 3. The van der Waals surface area contributed by atoms with Crippen molar-refractivity contribution in [2.45, 2.75) is 40.2 Å². The maximum atomic E-state index is 12.0. The molecule has 0 aliphatic heterocycles. The number of hydrogen-bond donors (Lipinski definition) is 3. The molecular weight excluding hydrogens is 266 g/mol. The van der Waals surface area contributed by atoms with Crippen LogP contribution >= 0.6 is 0 Å². The molecule has 4 N–H and O–H groups in total. The summed E-state index contributed by atoms with van der Waals surface area (Å²) in [5.41, 5.74) is 7.96. The van der Waals surface area contributed by atoms with Gasteiger partial charge in [-0.05, 0) is 49.9 Å². The van der Waals surface area contributed by atoms with Gasteiger partial charge in [0.05, 0.1) is 6.04 Å². The summed E-state index contributed by atoms with van der Waals surface area (Å²) >= 11 is 0. The molecule has 0 radical (unpaired) electrons. The van der Waals surface area contributed by atoms with Gasteiger partial charge in [0, 0.05) is 17.8 Å². The van der Waals surface area contributed by atoms with Crippen molar-refractivity contribution in [1.82, 2.24) is 5.32 Å². The lowest BCUT2D eigenvalue weighted by Gasteiger charge is -2.15. The molecule has 1 aromatic rings. The fourth-order valence-corrected chi connectivity index (χ4v) is 2.05. The zero-order chi connectivity index (χ0) is 16.0. The van der Waals surface area contributed by atoms with Crippen molar-refractivity contribution in [2.75, 3.05) is 11.9 Å². The first kappa shape index (κ1) is 17.2. The van der Waals surface area contributed by atoms with Gasteiger partial charge in [-0.1, -0.05) is 13.8 Å². The summed E-state index contributed by atoms with van der Waals surface area (Å²) in [6, 6.07) is 4.67. The first-order valence-corrected chi connectivity index (χ1v) is 7.30. The molecule has 0 heterocycles. The van der Waals surface area contributed by atoms with Crippen LogP contribution in [0, 0.1) is 12.8 Å². The molecule has 0 aliphatic rings. The normalized spacial score (nSPS) is 12.1. The molecule has 1 aromatic carbocycles. The quantitative estimate of drug-likeness (QED) is 0.750. The summed E-state index contributed by atoms with van der Waals surface area (Å²) in [6.07, 6.45) is 0.641. The highest BCUT2D eigenvalue weighted by atomic mass is 16.2. The number of aryl methyl sites for hydroxylation is 1. The van der Waals surface area contributed by atoms with Gasteiger partial charge in [0.15, 0.2) is 0 Å². The van der Waals surface area contributed by atoms with Gasteiger partial charge in [0.2, 0.25) is 5.91 Å². The fraction of sp³-hybridized carbons (Fsp3) is 0.500. The van der Waals surface area contributed by atoms with Crippen LogP contribution in [0.3, 0.4) is 0 Å². The average Bonchev–Trinajstić information content (AvgIpc) is 2.40. The molecule has 0 spiro atoms. The van der Waals surface area contributed by atoms with E-state index in [9.17, 15) is 9.59 Å². The number of amides is 2. The molecule has 2 amide bonds. The van der Waals surface area contributed by atoms with Crippen molar-refractivity contribution in [3.05, 3.63) is 29.3 Å². The molecule has 0 aliphatic carbocycles. The van der Waals surface area contributed by atoms with E-state index < -0.39 is 6.04 Å². The Morgan fingerprint density at radius 2 is 1.95 bits per heavy atom. The summed E-state index contributed by atoms with van der Waals surface area (Å²) in [5, 5.41) is 5.56. The van der Waals surface area contributed by atoms with E-state index in [1.165, 1.54) is 0 Å². The van der Waals surface area contributed by atoms with Crippen LogP contribution in [0.4, 0.5) is 5.69 Å². The van der Waals surface area contributed by atoms with E-state index >= 15 is 0 Å². The Kier molecular flexibility index (Phi) is 6.37. The lowest BCUT2D eigenvalue weighted by molar-refractivity contribution is -0.117. The first-order valence-electron chi connectivity index (χ1n) is 7.30. The van der Waals surface area contributed by atoms with Gasteiger partial charge >= 0.3 is 0 Å². The van der Waals surface area contributed by atoms with E-state index in [0.29, 0.717) is 30.1 Å². The number of rotatable bonds is 6. The Morgan fingerprint density at radius 1 is 1.29 bits per heavy atom. The molecule has 0 bridgehead atoms. The van der Waals surface area contributed by atoms with Crippen LogP contribution in [0.2, 0.25) is 0 Å². The standard InChI is InChI=1S/C16H25N3O2/c1-5-18-15(20)12-6-7-14(11(4)9-12)19-16(21)13(17)8-10(2)3/h6-7,9-10,13H,5,8,17H2,1-4H3,(H,18,20)(H,19,21)/t13-/m1/s1. The number of carbonyl (C=O) groups is 2. The van der Waals surface area contributed by atoms with Crippen LogP contribution in [0.1, 0.15) is 43.1 Å². The monoisotopic (exact) mass is 291 g/mol. The minimum atomic E-state index is -0.521. The molecule has 21 heavy (non-hydrogen) atoms. The molecular formula is C16H25N3O2. The Bertz CT molecular complexity index is 512. The number of nitrogens with one attached hydrogen (secondary N) is 2. The second kappa shape index (κ2) is 7.78. The summed E-state index contributed by atoms with van der Waals surface area (Å²) in [7, 11) is 0. The van der Waals surface area contributed by atoms with E-state index in [2.05, 4.69) is 10.6 Å². The van der Waals surface area contributed by atoms with Crippen LogP contribution in [0.15, 0.2) is 18.2 Å². The van der Waals surface area contributed by atoms with Crippen LogP contribution < -0.4 is 16.4 Å². The van der Waals surface area contributed by atoms with Crippen LogP contribution in [0.25, 0.3) is 0 Å². The Morgan fingerprint density at radius 3 is 2.48 bits per heavy atom. The molecule has 1 rings (SSSR count). The van der Waals surface area contributed by atoms with Gasteiger partial charge in [-0.2, -0.15) is 0 Å². The summed E-state index contributed by atoms with van der Waals surface area (Å²) in [5.74, 6) is 0.0551. The van der Waals surface area contributed by atoms with E-state index in [1.54, 1.807) is 18.2 Å². The molecule has 0 saturated carbocycles. The second-order valence-corrected chi connectivity index (χ2v) is 5.61. The van der Waals surface area contributed by atoms with Gasteiger partial charge in [-0.25, -0.2) is 0 Å². The average molecular weight is 291 g/mol. The third kappa shape index (κ3) is 5.19. The SMILES string of the molecule is CCNC(=O)c1ccc(NC(=O)[C@H](N)CC(C)C)c(C)c1. The zero-order valence-electron chi connectivity index (χ0n) is 13.2. The largest absolute Gasteiger partial charge is 0.352 e. The summed E-state index contributed by atoms with van der Waals surface area (Å²) in [6.45, 7) is 8.36. The molecule has 5 heteroatoms. The van der Waals surface area contributed by atoms with E-state index in [-0.39, 0.29) is 11.8 Å². The van der Waals surface area contributed by atoms with Gasteiger partial charge in [0.1, 0.15) is 0 Å². The molecule has 0 saturated heterocycles. The summed E-state index contributed by atoms with van der Waals surface area (Å²) in [4.78, 5) is 23.7. The molecule has 0 aromatic heterocycles. The van der Waals surface area contributed by atoms with Gasteiger partial charge in [-0.15, -0.1) is 0 Å². The maximum Gasteiger partial charge on any atom is 0.251 e. The smallest absolute Gasteiger partial charge is 0.251 e. The highest BCUT2D eigenvalue weighted by molar-refractivity contribution is 5.97. The third-order valence-corrected chi connectivity index (χ3v) is 3.15. The molecule has 116 valence electrons. The summed E-state index contributed by atoms with van der Waals surface area (Å²) < 4.78 is 0. The minimum absolute atomic E-state index is 0.116. The van der Waals surface area contributed by atoms with Crippen molar-refractivity contribution >= 4 is 17.5 Å². The molecule has 0 unspecified atom stereocenters. The maximum absolute atomic E-state index is 12.0. The highest BCUT2D eigenvalue weighted by Gasteiger charge is 2.16. The zero-order valence-corrected chi connectivity index (χ0v) is 13.2. The van der Waals surface area contributed by atoms with Gasteiger partial charge < -0.3 is 16.4 Å². The van der Waals surface area contributed by atoms with Crippen molar-refractivity contribution < 1.29 is 9.59 Å². The molecule has 0 fully saturated rings. The third-order valence-electron chi connectivity index (χ3n) is 3.15. The minimum Gasteiger partial charge on any atom is -0.352 e. The lowest BCUT2D eigenvalue weighted by Crippen LogP contribution is -2.36. The van der Waals surface area contributed by atoms with Gasteiger partial charge in [-0.3, -0.25) is 9.59 Å². The predicted octanol–water partition coefficient (Wildman–Crippen LogP) is 2.06.